The lowest BCUT2D eigenvalue weighted by Gasteiger charge is -2.28. The molecule has 0 radical (unpaired) electrons. The topological polar surface area (TPSA) is 163 Å². The van der Waals surface area contributed by atoms with Crippen LogP contribution in [0.15, 0.2) is 0 Å². The molecule has 0 amide bonds. The number of fused-ring (bicyclic) bond motifs is 1. The van der Waals surface area contributed by atoms with Crippen LogP contribution in [0.5, 0.6) is 0 Å². The molecule has 4 aliphatic carbocycles. The molecule has 4 saturated carbocycles. The van der Waals surface area contributed by atoms with Crippen molar-refractivity contribution in [2.75, 3.05) is 21.3 Å². The van der Waals surface area contributed by atoms with Crippen molar-refractivity contribution in [2.24, 2.45) is 47.3 Å². The van der Waals surface area contributed by atoms with Gasteiger partial charge in [0.15, 0.2) is 0 Å². The van der Waals surface area contributed by atoms with Crippen molar-refractivity contribution in [3.63, 3.8) is 0 Å². The smallest absolute Gasteiger partial charge is 0.308 e. The van der Waals surface area contributed by atoms with Crippen LogP contribution in [0.2, 0.25) is 0 Å². The average Bonchev–Trinajstić information content (AvgIpc) is 4.00. The van der Waals surface area contributed by atoms with Crippen molar-refractivity contribution in [3.8, 4) is 0 Å². The molecule has 11 unspecified atom stereocenters. The third kappa shape index (κ3) is 19.9. The van der Waals surface area contributed by atoms with E-state index >= 15 is 0 Å². The third-order valence-corrected chi connectivity index (χ3v) is 11.3. The average molecular weight is 789 g/mol. The number of methoxy groups -OCH3 is 3. The molecule has 11 atom stereocenters. The van der Waals surface area contributed by atoms with Crippen LogP contribution in [0.25, 0.3) is 0 Å². The highest BCUT2D eigenvalue weighted by Gasteiger charge is 2.38. The van der Waals surface area contributed by atoms with E-state index in [0.29, 0.717) is 36.4 Å². The van der Waals surface area contributed by atoms with E-state index in [1.165, 1.54) is 34.2 Å². The molecule has 0 aromatic rings. The van der Waals surface area contributed by atoms with E-state index in [0.717, 1.165) is 77.0 Å². The minimum absolute atomic E-state index is 0. The fraction of sp³-hybridized carbons (Fsp3) is 0.886. The monoisotopic (exact) mass is 789 g/mol. The second-order valence-electron chi connectivity index (χ2n) is 15.4. The lowest BCUT2D eigenvalue weighted by Crippen LogP contribution is -2.33. The Hall–Kier alpha value is -2.53. The van der Waals surface area contributed by atoms with Crippen molar-refractivity contribution < 1.29 is 54.6 Å². The van der Waals surface area contributed by atoms with Gasteiger partial charge in [-0.25, -0.2) is 0 Å². The highest BCUT2D eigenvalue weighted by molar-refractivity contribution is 5.83. The standard InChI is InChI=1S/2C10H18O3.C10H16O3.C9H14O2.2C2H6.CH4.H2/c3*1-7(10(12)13-2)6-8-4-3-5-9(8)11;1-6-5-7-3-2-4-8(7)11-9(6)10;2*1-2;;/h2*7-9,11H,3-6H2,1-2H3;7-8H,3-6H2,1-2H3;6-8H,2-5H2,1H3;2*1-2H3;1H4;1H. The zero-order chi connectivity index (χ0) is 41.4. The van der Waals surface area contributed by atoms with Crippen LogP contribution in [0, 0.1) is 47.3 Å². The largest absolute Gasteiger partial charge is 0.469 e. The molecule has 2 N–H and O–H groups in total. The molecule has 11 heteroatoms. The normalized spacial score (nSPS) is 28.9. The maximum Gasteiger partial charge on any atom is 0.308 e. The van der Waals surface area contributed by atoms with Crippen LogP contribution in [0.1, 0.15) is 167 Å². The first kappa shape index (κ1) is 54.6. The predicted molar refractivity (Wildman–Crippen MR) is 219 cm³/mol. The molecule has 0 aromatic carbocycles. The fourth-order valence-corrected chi connectivity index (χ4v) is 8.19. The zero-order valence-electron chi connectivity index (χ0n) is 35.7. The SMILES string of the molecule is C.CC.CC.CC1CC2CCCC2OC1=O.COC(=O)C(C)CC1CCCC1=O.COC(=O)C(C)CC1CCCC1O.COC(=O)C(C)CC1CCCC1O.[HH]. The molecule has 1 saturated heterocycles. The van der Waals surface area contributed by atoms with Gasteiger partial charge in [0.25, 0.3) is 0 Å². The predicted octanol–water partition coefficient (Wildman–Crippen LogP) is 8.92. The third-order valence-electron chi connectivity index (χ3n) is 11.3. The fourth-order valence-electron chi connectivity index (χ4n) is 8.19. The van der Waals surface area contributed by atoms with Gasteiger partial charge < -0.3 is 29.2 Å². The Bertz CT molecular complexity index is 1050. The lowest BCUT2D eigenvalue weighted by atomic mass is 9.90. The van der Waals surface area contributed by atoms with Gasteiger partial charge in [-0.05, 0) is 101 Å². The molecule has 0 aromatic heterocycles. The summed E-state index contributed by atoms with van der Waals surface area (Å²) in [6, 6.07) is 0. The number of esters is 4. The van der Waals surface area contributed by atoms with Gasteiger partial charge in [-0.15, -0.1) is 0 Å². The van der Waals surface area contributed by atoms with E-state index < -0.39 is 0 Å². The number of aliphatic hydroxyl groups excluding tert-OH is 2. The Labute approximate surface area is 336 Å². The van der Waals surface area contributed by atoms with Crippen LogP contribution in [0.3, 0.4) is 0 Å². The van der Waals surface area contributed by atoms with Crippen LogP contribution in [0.4, 0.5) is 0 Å². The summed E-state index contributed by atoms with van der Waals surface area (Å²) in [5, 5.41) is 19.1. The van der Waals surface area contributed by atoms with Gasteiger partial charge >= 0.3 is 23.9 Å². The van der Waals surface area contributed by atoms with Crippen molar-refractivity contribution in [3.05, 3.63) is 0 Å². The van der Waals surface area contributed by atoms with Gasteiger partial charge in [-0.2, -0.15) is 0 Å². The maximum atomic E-state index is 11.3. The van der Waals surface area contributed by atoms with E-state index in [2.05, 4.69) is 14.2 Å². The van der Waals surface area contributed by atoms with Crippen molar-refractivity contribution >= 4 is 29.7 Å². The Morgan fingerprint density at radius 2 is 1.09 bits per heavy atom. The molecule has 326 valence electrons. The van der Waals surface area contributed by atoms with E-state index in [1.807, 2.05) is 55.4 Å². The molecular formula is C44H84O11. The molecule has 1 heterocycles. The zero-order valence-corrected chi connectivity index (χ0v) is 35.7. The Morgan fingerprint density at radius 1 is 0.673 bits per heavy atom. The molecule has 0 bridgehead atoms. The Kier molecular flexibility index (Phi) is 30.3. The van der Waals surface area contributed by atoms with Crippen LogP contribution in [-0.2, 0) is 42.9 Å². The van der Waals surface area contributed by atoms with Gasteiger partial charge in [0, 0.05) is 13.8 Å². The van der Waals surface area contributed by atoms with Crippen molar-refractivity contribution in [1.29, 1.82) is 0 Å². The Morgan fingerprint density at radius 3 is 1.45 bits per heavy atom. The number of ether oxygens (including phenoxy) is 4. The van der Waals surface area contributed by atoms with Crippen LogP contribution in [-0.4, -0.2) is 79.5 Å². The Balaban J connectivity index is -0.000000642. The van der Waals surface area contributed by atoms with E-state index in [1.54, 1.807) is 0 Å². The van der Waals surface area contributed by atoms with E-state index in [4.69, 9.17) is 4.74 Å². The maximum absolute atomic E-state index is 11.3. The van der Waals surface area contributed by atoms with Gasteiger partial charge in [-0.3, -0.25) is 24.0 Å². The number of aliphatic hydroxyl groups is 2. The summed E-state index contributed by atoms with van der Waals surface area (Å²) in [7, 11) is 4.20. The minimum atomic E-state index is -0.209. The van der Waals surface area contributed by atoms with Crippen LogP contribution < -0.4 is 0 Å². The molecule has 1 aliphatic heterocycles. The summed E-state index contributed by atoms with van der Waals surface area (Å²) in [6.45, 7) is 15.5. The summed E-state index contributed by atoms with van der Waals surface area (Å²) in [6.07, 6.45) is 15.4. The number of carbonyl (C=O) groups excluding carboxylic acids is 5. The highest BCUT2D eigenvalue weighted by atomic mass is 16.5. The van der Waals surface area contributed by atoms with Crippen LogP contribution >= 0.6 is 0 Å². The molecule has 0 spiro atoms. The number of rotatable bonds is 9. The van der Waals surface area contributed by atoms with Gasteiger partial charge in [0.2, 0.25) is 0 Å². The first-order valence-electron chi connectivity index (χ1n) is 21.0. The summed E-state index contributed by atoms with van der Waals surface area (Å²) in [5.74, 6) is 1.03. The molecule has 11 nitrogen and oxygen atoms in total. The second kappa shape index (κ2) is 30.6. The molecule has 55 heavy (non-hydrogen) atoms. The molecule has 5 rings (SSSR count). The van der Waals surface area contributed by atoms with E-state index in [-0.39, 0.29) is 80.6 Å². The first-order chi connectivity index (χ1) is 25.7. The second-order valence-corrected chi connectivity index (χ2v) is 15.4. The summed E-state index contributed by atoms with van der Waals surface area (Å²) in [4.78, 5) is 55.7. The summed E-state index contributed by atoms with van der Waals surface area (Å²) < 4.78 is 19.2. The quantitative estimate of drug-likeness (QED) is 0.169. The first-order valence-corrected chi connectivity index (χ1v) is 21.0. The number of ketones is 1. The summed E-state index contributed by atoms with van der Waals surface area (Å²) in [5.41, 5.74) is 0. The summed E-state index contributed by atoms with van der Waals surface area (Å²) >= 11 is 0. The minimum Gasteiger partial charge on any atom is -0.469 e. The number of hydrogen-bond acceptors (Lipinski definition) is 11. The van der Waals surface area contributed by atoms with Crippen molar-refractivity contribution in [1.82, 2.24) is 0 Å². The number of Topliss-reactive ketones (excluding diaryl/α,β-unsaturated/α-hetero) is 1. The van der Waals surface area contributed by atoms with Gasteiger partial charge in [0.05, 0.1) is 57.2 Å². The van der Waals surface area contributed by atoms with Gasteiger partial charge in [0.1, 0.15) is 11.9 Å². The number of carbonyl (C=O) groups is 5. The molecule has 5 fully saturated rings. The highest BCUT2D eigenvalue weighted by Crippen LogP contribution is 2.37. The van der Waals surface area contributed by atoms with Crippen molar-refractivity contribution in [2.45, 2.75) is 184 Å². The van der Waals surface area contributed by atoms with E-state index in [9.17, 15) is 34.2 Å². The number of hydrogen-bond donors (Lipinski definition) is 2. The van der Waals surface area contributed by atoms with Gasteiger partial charge in [-0.1, -0.05) is 75.7 Å². The lowest BCUT2D eigenvalue weighted by molar-refractivity contribution is -0.162. The molecule has 5 aliphatic rings. The molecular weight excluding hydrogens is 704 g/mol.